The van der Waals surface area contributed by atoms with Crippen LogP contribution in [-0.4, -0.2) is 36.6 Å². The van der Waals surface area contributed by atoms with Gasteiger partial charge >= 0.3 is 0 Å². The molecular weight excluding hydrogens is 180 g/mol. The summed E-state index contributed by atoms with van der Waals surface area (Å²) in [6, 6.07) is 0. The molecule has 3 atom stereocenters. The van der Waals surface area contributed by atoms with Crippen molar-refractivity contribution >= 4 is 0 Å². The van der Waals surface area contributed by atoms with E-state index in [9.17, 15) is 5.11 Å². The normalized spacial score (nSPS) is 46.9. The van der Waals surface area contributed by atoms with E-state index in [0.717, 1.165) is 25.7 Å². The molecule has 1 N–H and O–H groups in total. The van der Waals surface area contributed by atoms with Gasteiger partial charge in [-0.1, -0.05) is 6.92 Å². The minimum atomic E-state index is -0.254. The lowest BCUT2D eigenvalue weighted by Gasteiger charge is -2.42. The molecule has 2 rings (SSSR count). The Kier molecular flexibility index (Phi) is 2.58. The standard InChI is InChI=1S/C11H20O3/c1-9-5-10(7-12)3-4-11(6-9,14-10)8-13-2/h9,12H,3-8H2,1-2H3/t9-,10-,11+/m1/s1. The van der Waals surface area contributed by atoms with Crippen LogP contribution in [0.3, 0.4) is 0 Å². The second-order valence-corrected chi connectivity index (χ2v) is 5.07. The number of fused-ring (bicyclic) bond motifs is 2. The predicted molar refractivity (Wildman–Crippen MR) is 53.1 cm³/mol. The summed E-state index contributed by atoms with van der Waals surface area (Å²) < 4.78 is 11.3. The maximum atomic E-state index is 9.40. The number of aliphatic hydroxyl groups is 1. The third-order valence-corrected chi connectivity index (χ3v) is 3.61. The molecule has 14 heavy (non-hydrogen) atoms. The largest absolute Gasteiger partial charge is 0.393 e. The number of hydrogen-bond acceptors (Lipinski definition) is 3. The molecule has 2 bridgehead atoms. The molecule has 0 aromatic carbocycles. The van der Waals surface area contributed by atoms with E-state index in [0.29, 0.717) is 12.5 Å². The zero-order valence-electron chi connectivity index (χ0n) is 9.08. The third kappa shape index (κ3) is 1.58. The minimum Gasteiger partial charge on any atom is -0.393 e. The van der Waals surface area contributed by atoms with Crippen LogP contribution in [0.25, 0.3) is 0 Å². The summed E-state index contributed by atoms with van der Waals surface area (Å²) in [6.45, 7) is 3.06. The van der Waals surface area contributed by atoms with Crippen LogP contribution in [0.1, 0.15) is 32.6 Å². The first-order valence-electron chi connectivity index (χ1n) is 5.44. The maximum absolute atomic E-state index is 9.40. The van der Waals surface area contributed by atoms with Crippen molar-refractivity contribution in [3.63, 3.8) is 0 Å². The molecule has 2 aliphatic heterocycles. The molecule has 0 saturated carbocycles. The fourth-order valence-electron chi connectivity index (χ4n) is 3.25. The van der Waals surface area contributed by atoms with Crippen LogP contribution in [0.4, 0.5) is 0 Å². The van der Waals surface area contributed by atoms with Crippen LogP contribution in [0.15, 0.2) is 0 Å². The van der Waals surface area contributed by atoms with Crippen molar-refractivity contribution in [2.45, 2.75) is 43.8 Å². The van der Waals surface area contributed by atoms with Gasteiger partial charge in [0.05, 0.1) is 24.4 Å². The quantitative estimate of drug-likeness (QED) is 0.747. The Morgan fingerprint density at radius 1 is 1.36 bits per heavy atom. The molecule has 0 unspecified atom stereocenters. The molecule has 0 aliphatic carbocycles. The van der Waals surface area contributed by atoms with Gasteiger partial charge in [-0.15, -0.1) is 0 Å². The van der Waals surface area contributed by atoms with Gasteiger partial charge in [-0.05, 0) is 31.6 Å². The Bertz CT molecular complexity index is 219. The Labute approximate surface area is 85.4 Å². The zero-order valence-corrected chi connectivity index (χ0v) is 9.08. The van der Waals surface area contributed by atoms with Gasteiger partial charge in [0.25, 0.3) is 0 Å². The van der Waals surface area contributed by atoms with Crippen LogP contribution >= 0.6 is 0 Å². The van der Waals surface area contributed by atoms with Crippen molar-refractivity contribution in [3.05, 3.63) is 0 Å². The average molecular weight is 200 g/mol. The summed E-state index contributed by atoms with van der Waals surface area (Å²) in [5, 5.41) is 9.40. The van der Waals surface area contributed by atoms with E-state index >= 15 is 0 Å². The lowest BCUT2D eigenvalue weighted by Crippen LogP contribution is -2.47. The monoisotopic (exact) mass is 200 g/mol. The van der Waals surface area contributed by atoms with E-state index < -0.39 is 0 Å². The highest BCUT2D eigenvalue weighted by molar-refractivity contribution is 5.03. The molecule has 0 spiro atoms. The van der Waals surface area contributed by atoms with Crippen LogP contribution in [0, 0.1) is 5.92 Å². The number of aliphatic hydroxyl groups excluding tert-OH is 1. The molecule has 2 aliphatic rings. The van der Waals surface area contributed by atoms with Gasteiger partial charge in [-0.2, -0.15) is 0 Å². The fraction of sp³-hybridized carbons (Fsp3) is 1.00. The van der Waals surface area contributed by atoms with E-state index in [1.54, 1.807) is 7.11 Å². The predicted octanol–water partition coefficient (Wildman–Crippen LogP) is 1.34. The van der Waals surface area contributed by atoms with Gasteiger partial charge in [-0.3, -0.25) is 0 Å². The van der Waals surface area contributed by atoms with Gasteiger partial charge in [0.15, 0.2) is 0 Å². The second kappa shape index (κ2) is 3.47. The van der Waals surface area contributed by atoms with Crippen molar-refractivity contribution in [1.82, 2.24) is 0 Å². The zero-order chi connectivity index (χ0) is 10.2. The van der Waals surface area contributed by atoms with Gasteiger partial charge in [0.2, 0.25) is 0 Å². The number of methoxy groups -OCH3 is 1. The second-order valence-electron chi connectivity index (χ2n) is 5.07. The first-order chi connectivity index (χ1) is 6.64. The molecule has 0 amide bonds. The van der Waals surface area contributed by atoms with Crippen molar-refractivity contribution < 1.29 is 14.6 Å². The lowest BCUT2D eigenvalue weighted by atomic mass is 9.85. The average Bonchev–Trinajstić information content (AvgIpc) is 2.40. The fourth-order valence-corrected chi connectivity index (χ4v) is 3.25. The SMILES string of the molecule is COC[C@]12CC[C@](CO)(C[C@@H](C)C1)O2. The molecule has 2 fully saturated rings. The Morgan fingerprint density at radius 2 is 2.00 bits per heavy atom. The molecule has 2 heterocycles. The highest BCUT2D eigenvalue weighted by Gasteiger charge is 2.53. The van der Waals surface area contributed by atoms with Gasteiger partial charge in [0.1, 0.15) is 0 Å². The summed E-state index contributed by atoms with van der Waals surface area (Å²) in [5.74, 6) is 0.633. The third-order valence-electron chi connectivity index (χ3n) is 3.61. The van der Waals surface area contributed by atoms with Crippen molar-refractivity contribution in [2.24, 2.45) is 5.92 Å². The van der Waals surface area contributed by atoms with E-state index in [-0.39, 0.29) is 17.8 Å². The van der Waals surface area contributed by atoms with Crippen molar-refractivity contribution in [3.8, 4) is 0 Å². The summed E-state index contributed by atoms with van der Waals surface area (Å²) in [6.07, 6.45) is 4.08. The molecular formula is C11H20O3. The van der Waals surface area contributed by atoms with Crippen LogP contribution in [0.2, 0.25) is 0 Å². The Balaban J connectivity index is 2.15. The molecule has 2 saturated heterocycles. The highest BCUT2D eigenvalue weighted by Crippen LogP contribution is 2.50. The first-order valence-corrected chi connectivity index (χ1v) is 5.44. The van der Waals surface area contributed by atoms with Gasteiger partial charge in [0, 0.05) is 7.11 Å². The van der Waals surface area contributed by atoms with Gasteiger partial charge in [-0.25, -0.2) is 0 Å². The molecule has 0 radical (unpaired) electrons. The van der Waals surface area contributed by atoms with Gasteiger partial charge < -0.3 is 14.6 Å². The molecule has 3 nitrogen and oxygen atoms in total. The number of hydrogen-bond donors (Lipinski definition) is 1. The highest BCUT2D eigenvalue weighted by atomic mass is 16.6. The molecule has 82 valence electrons. The molecule has 3 heteroatoms. The Hall–Kier alpha value is -0.120. The van der Waals surface area contributed by atoms with E-state index in [2.05, 4.69) is 6.92 Å². The molecule has 0 aromatic heterocycles. The van der Waals surface area contributed by atoms with Crippen molar-refractivity contribution in [2.75, 3.05) is 20.3 Å². The Morgan fingerprint density at radius 3 is 2.64 bits per heavy atom. The van der Waals surface area contributed by atoms with E-state index in [1.807, 2.05) is 0 Å². The topological polar surface area (TPSA) is 38.7 Å². The first kappa shape index (κ1) is 10.4. The van der Waals surface area contributed by atoms with E-state index in [1.165, 1.54) is 0 Å². The maximum Gasteiger partial charge on any atom is 0.0927 e. The number of ether oxygens (including phenoxy) is 2. The van der Waals surface area contributed by atoms with E-state index in [4.69, 9.17) is 9.47 Å². The minimum absolute atomic E-state index is 0.102. The summed E-state index contributed by atoms with van der Waals surface area (Å²) in [4.78, 5) is 0. The summed E-state index contributed by atoms with van der Waals surface area (Å²) in [7, 11) is 1.72. The van der Waals surface area contributed by atoms with Crippen LogP contribution in [-0.2, 0) is 9.47 Å². The summed E-state index contributed by atoms with van der Waals surface area (Å²) >= 11 is 0. The van der Waals surface area contributed by atoms with Crippen LogP contribution in [0.5, 0.6) is 0 Å². The van der Waals surface area contributed by atoms with Crippen molar-refractivity contribution in [1.29, 1.82) is 0 Å². The number of rotatable bonds is 3. The summed E-state index contributed by atoms with van der Waals surface area (Å²) in [5.41, 5.74) is -0.356. The lowest BCUT2D eigenvalue weighted by molar-refractivity contribution is -0.187. The smallest absolute Gasteiger partial charge is 0.0927 e. The molecule has 0 aromatic rings. The van der Waals surface area contributed by atoms with Crippen LogP contribution < -0.4 is 0 Å².